The number of halogens is 1. The van der Waals surface area contributed by atoms with Gasteiger partial charge in [-0.05, 0) is 43.5 Å². The summed E-state index contributed by atoms with van der Waals surface area (Å²) in [5.41, 5.74) is 3.22. The molecule has 0 bridgehead atoms. The van der Waals surface area contributed by atoms with Crippen molar-refractivity contribution in [3.8, 4) is 0 Å². The fourth-order valence-corrected chi connectivity index (χ4v) is 2.92. The van der Waals surface area contributed by atoms with Crippen LogP contribution in [0.25, 0.3) is 0 Å². The molecule has 1 aliphatic carbocycles. The van der Waals surface area contributed by atoms with E-state index < -0.39 is 0 Å². The molecule has 4 heteroatoms. The van der Waals surface area contributed by atoms with Gasteiger partial charge >= 0.3 is 0 Å². The van der Waals surface area contributed by atoms with Crippen LogP contribution in [0, 0.1) is 6.92 Å². The van der Waals surface area contributed by atoms with Gasteiger partial charge in [0.05, 0.1) is 18.3 Å². The zero-order valence-corrected chi connectivity index (χ0v) is 12.5. The molecule has 0 aliphatic heterocycles. The highest BCUT2D eigenvalue weighted by molar-refractivity contribution is 6.31. The Kier molecular flexibility index (Phi) is 3.97. The van der Waals surface area contributed by atoms with E-state index in [9.17, 15) is 0 Å². The van der Waals surface area contributed by atoms with Crippen molar-refractivity contribution in [1.82, 2.24) is 9.78 Å². The van der Waals surface area contributed by atoms with E-state index in [-0.39, 0.29) is 0 Å². The first-order valence-corrected chi connectivity index (χ1v) is 7.64. The highest BCUT2D eigenvalue weighted by Crippen LogP contribution is 2.28. The van der Waals surface area contributed by atoms with Crippen LogP contribution in [0.1, 0.15) is 43.0 Å². The maximum absolute atomic E-state index is 6.13. The van der Waals surface area contributed by atoms with Gasteiger partial charge in [-0.2, -0.15) is 5.10 Å². The molecular weight excluding hydrogens is 270 g/mol. The number of benzene rings is 1. The van der Waals surface area contributed by atoms with Crippen LogP contribution in [0.15, 0.2) is 30.5 Å². The van der Waals surface area contributed by atoms with Crippen LogP contribution < -0.4 is 5.32 Å². The molecular formula is C16H20ClN3. The summed E-state index contributed by atoms with van der Waals surface area (Å²) in [4.78, 5) is 0. The third kappa shape index (κ3) is 2.98. The van der Waals surface area contributed by atoms with E-state index in [1.807, 2.05) is 19.1 Å². The quantitative estimate of drug-likeness (QED) is 0.893. The first kappa shape index (κ1) is 13.5. The van der Waals surface area contributed by atoms with Crippen LogP contribution in [0.3, 0.4) is 0 Å². The minimum atomic E-state index is 0.609. The highest BCUT2D eigenvalue weighted by atomic mass is 35.5. The minimum absolute atomic E-state index is 0.609. The Morgan fingerprint density at radius 3 is 2.85 bits per heavy atom. The van der Waals surface area contributed by atoms with Gasteiger partial charge in [0.1, 0.15) is 0 Å². The van der Waals surface area contributed by atoms with E-state index in [1.165, 1.54) is 25.7 Å². The number of nitrogens with one attached hydrogen (secondary N) is 1. The third-order valence-electron chi connectivity index (χ3n) is 4.01. The van der Waals surface area contributed by atoms with E-state index in [2.05, 4.69) is 33.4 Å². The lowest BCUT2D eigenvalue weighted by Crippen LogP contribution is -2.07. The summed E-state index contributed by atoms with van der Waals surface area (Å²) in [6.07, 6.45) is 7.30. The average molecular weight is 290 g/mol. The van der Waals surface area contributed by atoms with Gasteiger partial charge in [-0.15, -0.1) is 0 Å². The second-order valence-corrected chi connectivity index (χ2v) is 5.95. The Hall–Kier alpha value is -1.48. The van der Waals surface area contributed by atoms with Crippen LogP contribution in [-0.2, 0) is 6.54 Å². The summed E-state index contributed by atoms with van der Waals surface area (Å²) < 4.78 is 2.13. The molecule has 2 aromatic rings. The number of hydrogen-bond donors (Lipinski definition) is 1. The number of aryl methyl sites for hydroxylation is 1. The molecule has 0 unspecified atom stereocenters. The maximum atomic E-state index is 6.13. The topological polar surface area (TPSA) is 29.9 Å². The molecule has 1 aromatic carbocycles. The number of aromatic nitrogens is 2. The molecule has 1 aromatic heterocycles. The summed E-state index contributed by atoms with van der Waals surface area (Å²) in [7, 11) is 0. The molecule has 0 radical (unpaired) electrons. The Morgan fingerprint density at radius 2 is 2.10 bits per heavy atom. The van der Waals surface area contributed by atoms with Crippen LogP contribution in [-0.4, -0.2) is 9.78 Å². The smallest absolute Gasteiger partial charge is 0.0815 e. The van der Waals surface area contributed by atoms with Crippen molar-refractivity contribution in [2.24, 2.45) is 0 Å². The van der Waals surface area contributed by atoms with E-state index in [1.54, 1.807) is 0 Å². The summed E-state index contributed by atoms with van der Waals surface area (Å²) >= 11 is 6.13. The molecule has 20 heavy (non-hydrogen) atoms. The van der Waals surface area contributed by atoms with Gasteiger partial charge in [-0.1, -0.05) is 30.5 Å². The normalized spacial score (nSPS) is 15.7. The minimum Gasteiger partial charge on any atom is -0.379 e. The number of hydrogen-bond acceptors (Lipinski definition) is 2. The lowest BCUT2D eigenvalue weighted by atomic mass is 10.2. The van der Waals surface area contributed by atoms with Crippen LogP contribution in [0.5, 0.6) is 0 Å². The van der Waals surface area contributed by atoms with Crippen molar-refractivity contribution < 1.29 is 0 Å². The van der Waals surface area contributed by atoms with Gasteiger partial charge in [-0.25, -0.2) is 0 Å². The molecule has 0 saturated heterocycles. The Bertz CT molecular complexity index is 585. The van der Waals surface area contributed by atoms with Crippen molar-refractivity contribution in [3.05, 3.63) is 46.7 Å². The molecule has 1 saturated carbocycles. The summed E-state index contributed by atoms with van der Waals surface area (Å²) in [5.74, 6) is 0. The van der Waals surface area contributed by atoms with Gasteiger partial charge < -0.3 is 5.32 Å². The maximum Gasteiger partial charge on any atom is 0.0815 e. The monoisotopic (exact) mass is 289 g/mol. The molecule has 3 rings (SSSR count). The third-order valence-corrected chi connectivity index (χ3v) is 4.42. The van der Waals surface area contributed by atoms with Gasteiger partial charge in [0.2, 0.25) is 0 Å². The van der Waals surface area contributed by atoms with Crippen LogP contribution in [0.2, 0.25) is 5.02 Å². The second-order valence-electron chi connectivity index (χ2n) is 5.54. The molecule has 0 spiro atoms. The lowest BCUT2D eigenvalue weighted by molar-refractivity contribution is 0.463. The van der Waals surface area contributed by atoms with Crippen LogP contribution >= 0.6 is 11.6 Å². The first-order valence-electron chi connectivity index (χ1n) is 7.26. The predicted octanol–water partition coefficient (Wildman–Crippen LogP) is 4.57. The predicted molar refractivity (Wildman–Crippen MR) is 83.2 cm³/mol. The Balaban J connectivity index is 1.61. The van der Waals surface area contributed by atoms with Gasteiger partial charge in [0, 0.05) is 16.9 Å². The number of rotatable bonds is 4. The van der Waals surface area contributed by atoms with Crippen molar-refractivity contribution >= 4 is 17.3 Å². The lowest BCUT2D eigenvalue weighted by Gasteiger charge is -2.09. The molecule has 1 heterocycles. The van der Waals surface area contributed by atoms with E-state index >= 15 is 0 Å². The van der Waals surface area contributed by atoms with Crippen molar-refractivity contribution in [1.29, 1.82) is 0 Å². The molecule has 0 atom stereocenters. The summed E-state index contributed by atoms with van der Waals surface area (Å²) in [6.45, 7) is 2.74. The fraction of sp³-hybridized carbons (Fsp3) is 0.438. The molecule has 3 nitrogen and oxygen atoms in total. The van der Waals surface area contributed by atoms with Crippen molar-refractivity contribution in [3.63, 3.8) is 0 Å². The number of nitrogens with zero attached hydrogens (tertiary/aromatic N) is 2. The molecule has 0 amide bonds. The van der Waals surface area contributed by atoms with Gasteiger partial charge in [-0.3, -0.25) is 4.68 Å². The van der Waals surface area contributed by atoms with E-state index in [0.29, 0.717) is 6.04 Å². The molecule has 106 valence electrons. The SMILES string of the molecule is Cc1ccc(NCc2ccn(C3CCCC3)n2)cc1Cl. The first-order chi connectivity index (χ1) is 9.72. The van der Waals surface area contributed by atoms with Crippen LogP contribution in [0.4, 0.5) is 5.69 Å². The zero-order chi connectivity index (χ0) is 13.9. The highest BCUT2D eigenvalue weighted by Gasteiger charge is 2.17. The van der Waals surface area contributed by atoms with E-state index in [0.717, 1.165) is 28.5 Å². The standard InChI is InChI=1S/C16H20ClN3/c1-12-6-7-13(10-16(12)17)18-11-14-8-9-20(19-14)15-4-2-3-5-15/h6-10,15,18H,2-5,11H2,1H3. The summed E-state index contributed by atoms with van der Waals surface area (Å²) in [5, 5.41) is 8.84. The zero-order valence-electron chi connectivity index (χ0n) is 11.8. The van der Waals surface area contributed by atoms with E-state index in [4.69, 9.17) is 11.6 Å². The fourth-order valence-electron chi connectivity index (χ4n) is 2.74. The summed E-state index contributed by atoms with van der Waals surface area (Å²) in [6, 6.07) is 8.75. The second kappa shape index (κ2) is 5.88. The Labute approximate surface area is 124 Å². The number of anilines is 1. The molecule has 1 aliphatic rings. The molecule has 1 fully saturated rings. The van der Waals surface area contributed by atoms with Crippen molar-refractivity contribution in [2.45, 2.75) is 45.2 Å². The average Bonchev–Trinajstić information content (AvgIpc) is 3.09. The van der Waals surface area contributed by atoms with Crippen molar-refractivity contribution in [2.75, 3.05) is 5.32 Å². The van der Waals surface area contributed by atoms with Gasteiger partial charge in [0.25, 0.3) is 0 Å². The molecule has 1 N–H and O–H groups in total. The Morgan fingerprint density at radius 1 is 1.30 bits per heavy atom. The van der Waals surface area contributed by atoms with Gasteiger partial charge in [0.15, 0.2) is 0 Å². The largest absolute Gasteiger partial charge is 0.379 e.